The Morgan fingerprint density at radius 1 is 1.16 bits per heavy atom. The number of carbonyl (C=O) groups excluding carboxylic acids is 1. The fraction of sp³-hybridized carbons (Fsp3) is 0.632. The third-order valence-electron chi connectivity index (χ3n) is 4.76. The average molecular weight is 343 g/mol. The Morgan fingerprint density at radius 2 is 1.84 bits per heavy atom. The zero-order chi connectivity index (χ0) is 18.1. The number of aryl methyl sites for hydroxylation is 1. The summed E-state index contributed by atoms with van der Waals surface area (Å²) >= 11 is 0. The molecule has 1 aliphatic heterocycles. The smallest absolute Gasteiger partial charge is 0.255 e. The van der Waals surface area contributed by atoms with Crippen molar-refractivity contribution in [1.29, 1.82) is 0 Å². The summed E-state index contributed by atoms with van der Waals surface area (Å²) in [5.74, 6) is 0.752. The van der Waals surface area contributed by atoms with Gasteiger partial charge in [0.15, 0.2) is 5.65 Å². The van der Waals surface area contributed by atoms with Crippen molar-refractivity contribution in [3.8, 4) is 0 Å². The largest absolute Gasteiger partial charge is 0.336 e. The number of piperazine rings is 1. The molecular weight excluding hydrogens is 314 g/mol. The molecule has 3 heterocycles. The van der Waals surface area contributed by atoms with Gasteiger partial charge in [-0.05, 0) is 32.8 Å². The second-order valence-corrected chi connectivity index (χ2v) is 7.70. The van der Waals surface area contributed by atoms with Gasteiger partial charge in [-0.15, -0.1) is 0 Å². The highest BCUT2D eigenvalue weighted by molar-refractivity contribution is 5.98. The Hall–Kier alpha value is -1.95. The second kappa shape index (κ2) is 7.12. The highest BCUT2D eigenvalue weighted by Gasteiger charge is 2.24. The number of nitrogens with zero attached hydrogens (tertiary/aromatic N) is 5. The third kappa shape index (κ3) is 3.68. The molecule has 1 amide bonds. The second-order valence-electron chi connectivity index (χ2n) is 7.70. The van der Waals surface area contributed by atoms with Crippen molar-refractivity contribution in [1.82, 2.24) is 24.6 Å². The van der Waals surface area contributed by atoms with E-state index in [1.165, 1.54) is 0 Å². The van der Waals surface area contributed by atoms with Gasteiger partial charge in [0.25, 0.3) is 5.91 Å². The SMILES string of the molecule is Cc1nc2c(cnn2C(C)C)cc1C(=O)N1CCN(CC(C)C)CC1. The van der Waals surface area contributed by atoms with Crippen LogP contribution in [0.15, 0.2) is 12.3 Å². The first-order chi connectivity index (χ1) is 11.9. The molecule has 25 heavy (non-hydrogen) atoms. The van der Waals surface area contributed by atoms with Crippen molar-refractivity contribution in [3.05, 3.63) is 23.5 Å². The maximum absolute atomic E-state index is 13.0. The molecule has 0 N–H and O–H groups in total. The van der Waals surface area contributed by atoms with Crippen LogP contribution in [0, 0.1) is 12.8 Å². The van der Waals surface area contributed by atoms with Gasteiger partial charge in [0, 0.05) is 44.2 Å². The molecule has 6 nitrogen and oxygen atoms in total. The quantitative estimate of drug-likeness (QED) is 0.856. The van der Waals surface area contributed by atoms with E-state index in [9.17, 15) is 4.79 Å². The average Bonchev–Trinajstić information content (AvgIpc) is 2.96. The van der Waals surface area contributed by atoms with Gasteiger partial charge in [-0.2, -0.15) is 5.10 Å². The topological polar surface area (TPSA) is 54.3 Å². The Kier molecular flexibility index (Phi) is 5.08. The first kappa shape index (κ1) is 17.9. The molecule has 1 aliphatic rings. The van der Waals surface area contributed by atoms with E-state index >= 15 is 0 Å². The van der Waals surface area contributed by atoms with Gasteiger partial charge in [-0.1, -0.05) is 13.8 Å². The van der Waals surface area contributed by atoms with Crippen LogP contribution in [0.25, 0.3) is 11.0 Å². The summed E-state index contributed by atoms with van der Waals surface area (Å²) in [6.45, 7) is 15.1. The van der Waals surface area contributed by atoms with Gasteiger partial charge in [0.2, 0.25) is 0 Å². The van der Waals surface area contributed by atoms with Crippen molar-refractivity contribution >= 4 is 16.9 Å². The van der Waals surface area contributed by atoms with E-state index in [0.717, 1.165) is 49.5 Å². The number of hydrogen-bond donors (Lipinski definition) is 0. The van der Waals surface area contributed by atoms with Crippen molar-refractivity contribution in [2.24, 2.45) is 5.92 Å². The monoisotopic (exact) mass is 343 g/mol. The molecule has 1 saturated heterocycles. The maximum Gasteiger partial charge on any atom is 0.255 e. The standard InChI is InChI=1S/C19H29N5O/c1-13(2)12-22-6-8-23(9-7-22)19(25)17-10-16-11-20-24(14(3)4)18(16)21-15(17)5/h10-11,13-14H,6-9,12H2,1-5H3. The maximum atomic E-state index is 13.0. The van der Waals surface area contributed by atoms with Crippen LogP contribution in [-0.2, 0) is 0 Å². The summed E-state index contributed by atoms with van der Waals surface area (Å²) in [7, 11) is 0. The fourth-order valence-electron chi connectivity index (χ4n) is 3.48. The molecule has 2 aromatic heterocycles. The predicted octanol–water partition coefficient (Wildman–Crippen LogP) is 2.73. The van der Waals surface area contributed by atoms with Crippen LogP contribution in [-0.4, -0.2) is 63.2 Å². The molecule has 2 aromatic rings. The number of pyridine rings is 1. The number of carbonyl (C=O) groups is 1. The molecule has 0 unspecified atom stereocenters. The van der Waals surface area contributed by atoms with Gasteiger partial charge >= 0.3 is 0 Å². The lowest BCUT2D eigenvalue weighted by atomic mass is 10.1. The van der Waals surface area contributed by atoms with Gasteiger partial charge in [0.05, 0.1) is 17.5 Å². The van der Waals surface area contributed by atoms with Crippen molar-refractivity contribution in [2.45, 2.75) is 40.7 Å². The Labute approximate surface area is 149 Å². The molecule has 0 spiro atoms. The summed E-state index contributed by atoms with van der Waals surface area (Å²) in [5, 5.41) is 5.34. The van der Waals surface area contributed by atoms with Crippen LogP contribution in [0.3, 0.4) is 0 Å². The minimum Gasteiger partial charge on any atom is -0.336 e. The van der Waals surface area contributed by atoms with Crippen LogP contribution >= 0.6 is 0 Å². The Morgan fingerprint density at radius 3 is 2.44 bits per heavy atom. The molecular formula is C19H29N5O. The summed E-state index contributed by atoms with van der Waals surface area (Å²) < 4.78 is 1.90. The van der Waals surface area contributed by atoms with E-state index in [4.69, 9.17) is 0 Å². The minimum absolute atomic E-state index is 0.0911. The van der Waals surface area contributed by atoms with Gasteiger partial charge < -0.3 is 4.90 Å². The Bertz CT molecular complexity index is 757. The molecule has 6 heteroatoms. The Balaban J connectivity index is 1.78. The first-order valence-electron chi connectivity index (χ1n) is 9.23. The van der Waals surface area contributed by atoms with Gasteiger partial charge in [-0.3, -0.25) is 9.69 Å². The molecule has 0 radical (unpaired) electrons. The van der Waals surface area contributed by atoms with E-state index in [1.807, 2.05) is 22.6 Å². The number of aromatic nitrogens is 3. The number of amides is 1. The highest BCUT2D eigenvalue weighted by Crippen LogP contribution is 2.21. The molecule has 0 aliphatic carbocycles. The fourth-order valence-corrected chi connectivity index (χ4v) is 3.48. The lowest BCUT2D eigenvalue weighted by Gasteiger charge is -2.35. The van der Waals surface area contributed by atoms with Crippen LogP contribution in [0.1, 0.15) is 49.8 Å². The lowest BCUT2D eigenvalue weighted by Crippen LogP contribution is -2.49. The molecule has 136 valence electrons. The summed E-state index contributed by atoms with van der Waals surface area (Å²) in [4.78, 5) is 22.0. The number of fused-ring (bicyclic) bond motifs is 1. The van der Waals surface area contributed by atoms with Crippen LogP contribution in [0.5, 0.6) is 0 Å². The number of rotatable bonds is 4. The molecule has 1 fully saturated rings. The molecule has 0 aromatic carbocycles. The normalized spacial score (nSPS) is 16.4. The van der Waals surface area contributed by atoms with Crippen LogP contribution in [0.4, 0.5) is 0 Å². The van der Waals surface area contributed by atoms with E-state index in [1.54, 1.807) is 6.20 Å². The minimum atomic E-state index is 0.0911. The zero-order valence-corrected chi connectivity index (χ0v) is 16.0. The van der Waals surface area contributed by atoms with E-state index in [0.29, 0.717) is 11.5 Å². The van der Waals surface area contributed by atoms with Crippen LogP contribution < -0.4 is 0 Å². The zero-order valence-electron chi connectivity index (χ0n) is 16.0. The highest BCUT2D eigenvalue weighted by atomic mass is 16.2. The summed E-state index contributed by atoms with van der Waals surface area (Å²) in [5.41, 5.74) is 2.34. The third-order valence-corrected chi connectivity index (χ3v) is 4.76. The van der Waals surface area contributed by atoms with Crippen LogP contribution in [0.2, 0.25) is 0 Å². The molecule has 0 saturated carbocycles. The van der Waals surface area contributed by atoms with Crippen molar-refractivity contribution in [2.75, 3.05) is 32.7 Å². The van der Waals surface area contributed by atoms with E-state index in [2.05, 4.69) is 42.7 Å². The van der Waals surface area contributed by atoms with E-state index in [-0.39, 0.29) is 11.9 Å². The van der Waals surface area contributed by atoms with Gasteiger partial charge in [0.1, 0.15) is 0 Å². The van der Waals surface area contributed by atoms with Crippen molar-refractivity contribution in [3.63, 3.8) is 0 Å². The lowest BCUT2D eigenvalue weighted by molar-refractivity contribution is 0.0623. The van der Waals surface area contributed by atoms with E-state index < -0.39 is 0 Å². The first-order valence-corrected chi connectivity index (χ1v) is 9.23. The summed E-state index contributed by atoms with van der Waals surface area (Å²) in [6, 6.07) is 2.20. The van der Waals surface area contributed by atoms with Gasteiger partial charge in [-0.25, -0.2) is 9.67 Å². The molecule has 0 bridgehead atoms. The predicted molar refractivity (Wildman–Crippen MR) is 99.8 cm³/mol. The summed E-state index contributed by atoms with van der Waals surface area (Å²) in [6.07, 6.45) is 1.80. The molecule has 0 atom stereocenters. The molecule has 3 rings (SSSR count). The number of hydrogen-bond acceptors (Lipinski definition) is 4. The van der Waals surface area contributed by atoms with Crippen molar-refractivity contribution < 1.29 is 4.79 Å².